The number of benzene rings is 2. The molecule has 0 saturated carbocycles. The third-order valence-corrected chi connectivity index (χ3v) is 5.31. The predicted molar refractivity (Wildman–Crippen MR) is 108 cm³/mol. The summed E-state index contributed by atoms with van der Waals surface area (Å²) in [5, 5.41) is 2.98. The van der Waals surface area contributed by atoms with E-state index >= 15 is 0 Å². The van der Waals surface area contributed by atoms with Crippen LogP contribution in [0.3, 0.4) is 0 Å². The highest BCUT2D eigenvalue weighted by molar-refractivity contribution is 7.98. The maximum atomic E-state index is 12.5. The van der Waals surface area contributed by atoms with Crippen molar-refractivity contribution in [1.82, 2.24) is 5.32 Å². The van der Waals surface area contributed by atoms with Crippen molar-refractivity contribution >= 4 is 17.7 Å². The van der Waals surface area contributed by atoms with Crippen molar-refractivity contribution in [2.24, 2.45) is 0 Å². The molecular formula is C21H29N2O2S+. The summed E-state index contributed by atoms with van der Waals surface area (Å²) < 4.78 is 5.36. The number of hydrogen-bond acceptors (Lipinski definition) is 3. The van der Waals surface area contributed by atoms with Crippen LogP contribution in [-0.4, -0.2) is 32.4 Å². The average molecular weight is 374 g/mol. The van der Waals surface area contributed by atoms with Gasteiger partial charge in [-0.1, -0.05) is 24.3 Å². The standard InChI is InChI=1S/C21H28N2O2S/c1-5-23(6-2)15-17-9-7-16(8-10-17)14-22-21(24)19-12-11-18(26-4)13-20(19)25-3/h7-13H,5-6,14-15H2,1-4H3,(H,22,24)/p+1. The second kappa shape index (κ2) is 10.2. The molecule has 0 radical (unpaired) electrons. The van der Waals surface area contributed by atoms with E-state index in [1.54, 1.807) is 23.8 Å². The van der Waals surface area contributed by atoms with Crippen molar-refractivity contribution in [1.29, 1.82) is 0 Å². The molecule has 2 aromatic rings. The number of carbonyl (C=O) groups is 1. The first kappa shape index (κ1) is 20.3. The Balaban J connectivity index is 1.97. The molecular weight excluding hydrogens is 344 g/mol. The average Bonchev–Trinajstić information content (AvgIpc) is 2.70. The van der Waals surface area contributed by atoms with E-state index in [4.69, 9.17) is 4.74 Å². The maximum absolute atomic E-state index is 12.5. The molecule has 0 unspecified atom stereocenters. The summed E-state index contributed by atoms with van der Waals surface area (Å²) in [7, 11) is 1.59. The molecule has 0 aliphatic carbocycles. The number of ether oxygens (including phenoxy) is 1. The van der Waals surface area contributed by atoms with Crippen LogP contribution >= 0.6 is 11.8 Å². The Labute approximate surface area is 160 Å². The number of quaternary nitrogens is 1. The fourth-order valence-corrected chi connectivity index (χ4v) is 3.26. The lowest BCUT2D eigenvalue weighted by Gasteiger charge is -2.15. The molecule has 0 atom stereocenters. The molecule has 5 heteroatoms. The Bertz CT molecular complexity index is 712. The predicted octanol–water partition coefficient (Wildman–Crippen LogP) is 2.77. The zero-order valence-electron chi connectivity index (χ0n) is 16.1. The van der Waals surface area contributed by atoms with E-state index in [1.807, 2.05) is 24.5 Å². The van der Waals surface area contributed by atoms with Gasteiger partial charge in [-0.15, -0.1) is 11.8 Å². The Hall–Kier alpha value is -1.98. The van der Waals surface area contributed by atoms with Gasteiger partial charge in [-0.05, 0) is 43.9 Å². The van der Waals surface area contributed by atoms with Crippen LogP contribution in [0.15, 0.2) is 47.4 Å². The third kappa shape index (κ3) is 5.51. The molecule has 0 aliphatic heterocycles. The molecule has 1 amide bonds. The number of rotatable bonds is 9. The van der Waals surface area contributed by atoms with Gasteiger partial charge in [0.25, 0.3) is 5.91 Å². The van der Waals surface area contributed by atoms with Crippen LogP contribution in [0.5, 0.6) is 5.75 Å². The second-order valence-corrected chi connectivity index (χ2v) is 7.08. The Kier molecular flexibility index (Phi) is 8.01. The maximum Gasteiger partial charge on any atom is 0.255 e. The smallest absolute Gasteiger partial charge is 0.255 e. The van der Waals surface area contributed by atoms with Gasteiger partial charge in [0.2, 0.25) is 0 Å². The summed E-state index contributed by atoms with van der Waals surface area (Å²) in [5.41, 5.74) is 2.98. The van der Waals surface area contributed by atoms with Gasteiger partial charge in [0.15, 0.2) is 0 Å². The number of hydrogen-bond donors (Lipinski definition) is 2. The fraction of sp³-hybridized carbons (Fsp3) is 0.381. The molecule has 0 fully saturated rings. The van der Waals surface area contributed by atoms with Crippen LogP contribution < -0.4 is 15.0 Å². The van der Waals surface area contributed by atoms with E-state index in [-0.39, 0.29) is 5.91 Å². The summed E-state index contributed by atoms with van der Waals surface area (Å²) in [6.45, 7) is 8.23. The minimum Gasteiger partial charge on any atom is -0.496 e. The number of methoxy groups -OCH3 is 1. The summed E-state index contributed by atoms with van der Waals surface area (Å²) in [5.74, 6) is 0.484. The molecule has 0 saturated heterocycles. The highest BCUT2D eigenvalue weighted by Gasteiger charge is 2.12. The van der Waals surface area contributed by atoms with Gasteiger partial charge >= 0.3 is 0 Å². The highest BCUT2D eigenvalue weighted by Crippen LogP contribution is 2.25. The van der Waals surface area contributed by atoms with Crippen LogP contribution in [0.1, 0.15) is 35.3 Å². The summed E-state index contributed by atoms with van der Waals surface area (Å²) in [4.78, 5) is 15.1. The van der Waals surface area contributed by atoms with Gasteiger partial charge in [0, 0.05) is 17.0 Å². The molecule has 2 rings (SSSR count). The molecule has 0 bridgehead atoms. The van der Waals surface area contributed by atoms with Crippen LogP contribution in [0, 0.1) is 0 Å². The van der Waals surface area contributed by atoms with Gasteiger partial charge in [0.05, 0.1) is 25.8 Å². The molecule has 0 aliphatic rings. The van der Waals surface area contributed by atoms with E-state index in [0.717, 1.165) is 30.1 Å². The van der Waals surface area contributed by atoms with Crippen molar-refractivity contribution in [2.75, 3.05) is 26.5 Å². The van der Waals surface area contributed by atoms with Crippen molar-refractivity contribution in [2.45, 2.75) is 31.8 Å². The minimum atomic E-state index is -0.119. The minimum absolute atomic E-state index is 0.119. The summed E-state index contributed by atoms with van der Waals surface area (Å²) >= 11 is 1.62. The van der Waals surface area contributed by atoms with Crippen molar-refractivity contribution in [3.8, 4) is 5.75 Å². The highest BCUT2D eigenvalue weighted by atomic mass is 32.2. The van der Waals surface area contributed by atoms with Crippen LogP contribution in [0.2, 0.25) is 0 Å². The van der Waals surface area contributed by atoms with Gasteiger partial charge in [-0.25, -0.2) is 0 Å². The molecule has 0 spiro atoms. The van der Waals surface area contributed by atoms with Gasteiger partial charge in [-0.2, -0.15) is 0 Å². The number of thioether (sulfide) groups is 1. The largest absolute Gasteiger partial charge is 0.496 e. The lowest BCUT2D eigenvalue weighted by atomic mass is 10.1. The summed E-state index contributed by atoms with van der Waals surface area (Å²) in [6.07, 6.45) is 2.00. The van der Waals surface area contributed by atoms with Crippen LogP contribution in [0.25, 0.3) is 0 Å². The van der Waals surface area contributed by atoms with Crippen molar-refractivity contribution < 1.29 is 14.4 Å². The molecule has 2 aromatic carbocycles. The Morgan fingerprint density at radius 3 is 2.31 bits per heavy atom. The van der Waals surface area contributed by atoms with E-state index in [9.17, 15) is 4.79 Å². The topological polar surface area (TPSA) is 42.8 Å². The van der Waals surface area contributed by atoms with Gasteiger partial charge in [-0.3, -0.25) is 4.79 Å². The fourth-order valence-electron chi connectivity index (χ4n) is 2.83. The lowest BCUT2D eigenvalue weighted by Crippen LogP contribution is -3.10. The first-order chi connectivity index (χ1) is 12.6. The molecule has 2 N–H and O–H groups in total. The van der Waals surface area contributed by atoms with Crippen LogP contribution in [0.4, 0.5) is 0 Å². The molecule has 4 nitrogen and oxygen atoms in total. The number of nitrogens with one attached hydrogen (secondary N) is 2. The van der Waals surface area contributed by atoms with Crippen molar-refractivity contribution in [3.63, 3.8) is 0 Å². The number of carbonyl (C=O) groups excluding carboxylic acids is 1. The van der Waals surface area contributed by atoms with Gasteiger partial charge < -0.3 is 15.0 Å². The van der Waals surface area contributed by atoms with Crippen molar-refractivity contribution in [3.05, 3.63) is 59.2 Å². The third-order valence-electron chi connectivity index (χ3n) is 4.58. The van der Waals surface area contributed by atoms with E-state index in [0.29, 0.717) is 17.9 Å². The molecule has 26 heavy (non-hydrogen) atoms. The quantitative estimate of drug-likeness (QED) is 0.664. The lowest BCUT2D eigenvalue weighted by molar-refractivity contribution is -0.910. The summed E-state index contributed by atoms with van der Waals surface area (Å²) in [6, 6.07) is 14.1. The first-order valence-electron chi connectivity index (χ1n) is 9.02. The van der Waals surface area contributed by atoms with E-state index < -0.39 is 0 Å². The SMILES string of the molecule is CC[NH+](CC)Cc1ccc(CNC(=O)c2ccc(SC)cc2OC)cc1. The number of amides is 1. The zero-order chi connectivity index (χ0) is 18.9. The molecule has 140 valence electrons. The first-order valence-corrected chi connectivity index (χ1v) is 10.2. The molecule has 0 heterocycles. The Morgan fingerprint density at radius 1 is 1.08 bits per heavy atom. The second-order valence-electron chi connectivity index (χ2n) is 6.20. The van der Waals surface area contributed by atoms with Crippen LogP contribution in [-0.2, 0) is 13.1 Å². The van der Waals surface area contributed by atoms with E-state index in [1.165, 1.54) is 5.56 Å². The zero-order valence-corrected chi connectivity index (χ0v) is 16.9. The monoisotopic (exact) mass is 373 g/mol. The molecule has 0 aromatic heterocycles. The normalized spacial score (nSPS) is 10.8. The van der Waals surface area contributed by atoms with Gasteiger partial charge in [0.1, 0.15) is 12.3 Å². The van der Waals surface area contributed by atoms with E-state index in [2.05, 4.69) is 43.4 Å². The Morgan fingerprint density at radius 2 is 1.73 bits per heavy atom.